The van der Waals surface area contributed by atoms with Gasteiger partial charge in [0.15, 0.2) is 0 Å². The minimum Gasteiger partial charge on any atom is -0.192 e. The molecule has 0 saturated heterocycles. The Morgan fingerprint density at radius 1 is 0.429 bits per heavy atom. The van der Waals surface area contributed by atoms with Gasteiger partial charge >= 0.3 is 0 Å². The maximum atomic E-state index is 10.0. The first-order valence-corrected chi connectivity index (χ1v) is 15.3. The lowest BCUT2D eigenvalue weighted by Gasteiger charge is -2.14. The molecule has 2 aromatic heterocycles. The topological polar surface area (TPSA) is 47.6 Å². The molecule has 6 aromatic carbocycles. The summed E-state index contributed by atoms with van der Waals surface area (Å²) in [7, 11) is 0. The van der Waals surface area contributed by atoms with Gasteiger partial charge < -0.3 is 0 Å². The van der Waals surface area contributed by atoms with E-state index in [-0.39, 0.29) is 0 Å². The van der Waals surface area contributed by atoms with Crippen LogP contribution < -0.4 is 0 Å². The fourth-order valence-corrected chi connectivity index (χ4v) is 8.34. The average Bonchev–Trinajstić information content (AvgIpc) is 3.62. The molecule has 8 rings (SSSR count). The molecular weight excluding hydrogens is 549 g/mol. The van der Waals surface area contributed by atoms with Crippen LogP contribution >= 0.6 is 22.7 Å². The lowest BCUT2D eigenvalue weighted by molar-refractivity contribution is 1.44. The lowest BCUT2D eigenvalue weighted by Crippen LogP contribution is -1.92. The molecule has 0 spiro atoms. The summed E-state index contributed by atoms with van der Waals surface area (Å²) in [6.45, 7) is 0. The van der Waals surface area contributed by atoms with Crippen molar-refractivity contribution in [3.63, 3.8) is 0 Å². The summed E-state index contributed by atoms with van der Waals surface area (Å²) >= 11 is 3.61. The van der Waals surface area contributed by atoms with E-state index in [1.54, 1.807) is 40.9 Å². The van der Waals surface area contributed by atoms with Crippen LogP contribution in [0.25, 0.3) is 73.7 Å². The van der Waals surface area contributed by atoms with Crippen LogP contribution in [-0.4, -0.2) is 0 Å². The molecule has 2 nitrogen and oxygen atoms in total. The molecule has 0 aliphatic heterocycles. The highest BCUT2D eigenvalue weighted by Crippen LogP contribution is 2.43. The second-order valence-corrected chi connectivity index (χ2v) is 12.5. The van der Waals surface area contributed by atoms with Crippen LogP contribution in [0.2, 0.25) is 0 Å². The van der Waals surface area contributed by atoms with Crippen molar-refractivity contribution in [2.75, 3.05) is 0 Å². The van der Waals surface area contributed by atoms with E-state index in [0.717, 1.165) is 27.8 Å². The van der Waals surface area contributed by atoms with Crippen LogP contribution in [0, 0.1) is 22.7 Å². The molecule has 42 heavy (non-hydrogen) atoms. The van der Waals surface area contributed by atoms with Gasteiger partial charge in [-0.25, -0.2) is 0 Å². The molecule has 0 atom stereocenters. The highest BCUT2D eigenvalue weighted by molar-refractivity contribution is 7.26. The zero-order chi connectivity index (χ0) is 28.2. The third-order valence-corrected chi connectivity index (χ3v) is 10.2. The summed E-state index contributed by atoms with van der Waals surface area (Å²) in [6.07, 6.45) is 0. The highest BCUT2D eigenvalue weighted by atomic mass is 32.1. The molecule has 8 aromatic rings. The number of nitriles is 2. The van der Waals surface area contributed by atoms with Crippen molar-refractivity contribution < 1.29 is 0 Å². The maximum Gasteiger partial charge on any atom is 0.0998 e. The first kappa shape index (κ1) is 24.5. The van der Waals surface area contributed by atoms with E-state index in [1.807, 2.05) is 0 Å². The Hall–Kier alpha value is -5.26. The van der Waals surface area contributed by atoms with E-state index < -0.39 is 0 Å². The maximum absolute atomic E-state index is 10.0. The van der Waals surface area contributed by atoms with E-state index in [0.29, 0.717) is 16.7 Å². The van der Waals surface area contributed by atoms with Crippen molar-refractivity contribution in [1.29, 1.82) is 10.5 Å². The van der Waals surface area contributed by atoms with E-state index in [9.17, 15) is 10.5 Å². The molecule has 4 heteroatoms. The zero-order valence-corrected chi connectivity index (χ0v) is 23.9. The molecule has 0 aliphatic carbocycles. The van der Waals surface area contributed by atoms with Crippen molar-refractivity contribution in [2.24, 2.45) is 0 Å². The lowest BCUT2D eigenvalue weighted by atomic mass is 9.88. The van der Waals surface area contributed by atoms with Gasteiger partial charge in [0, 0.05) is 45.9 Å². The van der Waals surface area contributed by atoms with E-state index in [1.165, 1.54) is 40.3 Å². The Kier molecular flexibility index (Phi) is 5.66. The minimum absolute atomic E-state index is 0.497. The molecule has 0 saturated carbocycles. The Morgan fingerprint density at radius 2 is 1.02 bits per heavy atom. The van der Waals surface area contributed by atoms with Crippen molar-refractivity contribution in [1.82, 2.24) is 0 Å². The van der Waals surface area contributed by atoms with Gasteiger partial charge in [-0.15, -0.1) is 22.7 Å². The first-order chi connectivity index (χ1) is 20.7. The highest BCUT2D eigenvalue weighted by Gasteiger charge is 2.17. The van der Waals surface area contributed by atoms with Crippen LogP contribution in [-0.2, 0) is 0 Å². The van der Waals surface area contributed by atoms with E-state index in [4.69, 9.17) is 0 Å². The number of hydrogen-bond donors (Lipinski definition) is 0. The summed E-state index contributed by atoms with van der Waals surface area (Å²) in [5, 5.41) is 25.1. The third kappa shape index (κ3) is 3.82. The molecule has 0 fully saturated rings. The second kappa shape index (κ2) is 9.68. The van der Waals surface area contributed by atoms with Gasteiger partial charge in [-0.2, -0.15) is 10.5 Å². The van der Waals surface area contributed by atoms with Gasteiger partial charge in [0.2, 0.25) is 0 Å². The van der Waals surface area contributed by atoms with Gasteiger partial charge in [0.05, 0.1) is 23.3 Å². The summed E-state index contributed by atoms with van der Waals surface area (Å²) < 4.78 is 5.01. The van der Waals surface area contributed by atoms with Crippen molar-refractivity contribution >= 4 is 63.0 Å². The predicted molar refractivity (Wildman–Crippen MR) is 178 cm³/mol. The summed E-state index contributed by atoms with van der Waals surface area (Å²) in [5.41, 5.74) is 6.89. The number of hydrogen-bond acceptors (Lipinski definition) is 4. The predicted octanol–water partition coefficient (Wildman–Crippen LogP) is 11.2. The van der Waals surface area contributed by atoms with Crippen LogP contribution in [0.3, 0.4) is 0 Å². The summed E-state index contributed by atoms with van der Waals surface area (Å²) in [4.78, 5) is 0. The van der Waals surface area contributed by atoms with Crippen LogP contribution in [0.4, 0.5) is 0 Å². The van der Waals surface area contributed by atoms with Gasteiger partial charge in [0.1, 0.15) is 0 Å². The Morgan fingerprint density at radius 3 is 1.81 bits per heavy atom. The fourth-order valence-electron chi connectivity index (χ4n) is 6.06. The normalized spacial score (nSPS) is 11.3. The fraction of sp³-hybridized carbons (Fsp3) is 0. The number of nitrogens with zero attached hydrogens (tertiary/aromatic N) is 2. The van der Waals surface area contributed by atoms with Crippen molar-refractivity contribution in [2.45, 2.75) is 0 Å². The Balaban J connectivity index is 1.43. The molecule has 0 bridgehead atoms. The SMILES string of the molecule is N#Cc1cccc(C#N)c1-c1cc(-c2ccc3c(c2)sc2ccccc23)cc(-c2cccc3sc4ccccc4c23)c1. The quantitative estimate of drug-likeness (QED) is 0.213. The number of rotatable bonds is 3. The minimum atomic E-state index is 0.497. The molecule has 0 radical (unpaired) electrons. The molecule has 0 unspecified atom stereocenters. The standard InChI is InChI=1S/C38H20N2S2/c39-21-24-7-5-8-25(22-40)37(24)28-18-26(23-15-16-31-30-9-1-3-12-33(30)42-36(31)20-23)17-27(19-28)29-11-6-14-35-38(29)32-10-2-4-13-34(32)41-35/h1-20H. The first-order valence-electron chi connectivity index (χ1n) is 13.6. The van der Waals surface area contributed by atoms with Crippen molar-refractivity contribution in [3.05, 3.63) is 132 Å². The smallest absolute Gasteiger partial charge is 0.0998 e. The van der Waals surface area contributed by atoms with E-state index >= 15 is 0 Å². The summed E-state index contributed by atoms with van der Waals surface area (Å²) in [5.74, 6) is 0. The molecule has 0 aliphatic rings. The number of benzene rings is 6. The molecular formula is C38H20N2S2. The average molecular weight is 569 g/mol. The van der Waals surface area contributed by atoms with Crippen LogP contribution in [0.5, 0.6) is 0 Å². The zero-order valence-electron chi connectivity index (χ0n) is 22.3. The number of fused-ring (bicyclic) bond motifs is 6. The van der Waals surface area contributed by atoms with Crippen molar-refractivity contribution in [3.8, 4) is 45.5 Å². The van der Waals surface area contributed by atoms with Crippen LogP contribution in [0.15, 0.2) is 121 Å². The van der Waals surface area contributed by atoms with E-state index in [2.05, 4.69) is 115 Å². The Bertz CT molecular complexity index is 2410. The van der Waals surface area contributed by atoms with Gasteiger partial charge in [0.25, 0.3) is 0 Å². The molecule has 194 valence electrons. The largest absolute Gasteiger partial charge is 0.192 e. The summed E-state index contributed by atoms with van der Waals surface area (Å²) in [6, 6.07) is 46.8. The second-order valence-electron chi connectivity index (χ2n) is 10.3. The van der Waals surface area contributed by atoms with Gasteiger partial charge in [-0.3, -0.25) is 0 Å². The number of thiophene rings is 2. The third-order valence-electron chi connectivity index (χ3n) is 7.95. The monoisotopic (exact) mass is 568 g/mol. The Labute approximate surface area is 250 Å². The molecule has 0 N–H and O–H groups in total. The van der Waals surface area contributed by atoms with Gasteiger partial charge in [-0.1, -0.05) is 66.7 Å². The molecule has 0 amide bonds. The molecule has 2 heterocycles. The van der Waals surface area contributed by atoms with Crippen LogP contribution in [0.1, 0.15) is 11.1 Å². The van der Waals surface area contributed by atoms with Gasteiger partial charge in [-0.05, 0) is 82.4 Å².